The second kappa shape index (κ2) is 5.99. The van der Waals surface area contributed by atoms with E-state index in [1.807, 2.05) is 0 Å². The van der Waals surface area contributed by atoms with Gasteiger partial charge < -0.3 is 4.74 Å². The molecule has 1 rings (SSSR count). The van der Waals surface area contributed by atoms with Gasteiger partial charge in [-0.05, 0) is 62.2 Å². The Morgan fingerprint density at radius 3 is 1.80 bits per heavy atom. The summed E-state index contributed by atoms with van der Waals surface area (Å²) in [5.74, 6) is 1.50. The maximum atomic E-state index is 6.70. The van der Waals surface area contributed by atoms with Crippen LogP contribution in [0.4, 0.5) is 0 Å². The van der Waals surface area contributed by atoms with Crippen molar-refractivity contribution in [1.82, 2.24) is 0 Å². The minimum atomic E-state index is -0.00323. The summed E-state index contributed by atoms with van der Waals surface area (Å²) in [7, 11) is 0. The van der Waals surface area contributed by atoms with Crippen LogP contribution < -0.4 is 0 Å². The number of hydrogen-bond acceptors (Lipinski definition) is 1. The van der Waals surface area contributed by atoms with Crippen molar-refractivity contribution in [2.24, 2.45) is 22.7 Å². The lowest BCUT2D eigenvalue weighted by Gasteiger charge is -2.51. The van der Waals surface area contributed by atoms with E-state index in [9.17, 15) is 0 Å². The quantitative estimate of drug-likeness (QED) is 0.550. The van der Waals surface area contributed by atoms with Gasteiger partial charge in [0.25, 0.3) is 0 Å². The zero-order valence-electron chi connectivity index (χ0n) is 15.5. The second-order valence-corrected chi connectivity index (χ2v) is 9.25. The van der Waals surface area contributed by atoms with Crippen LogP contribution >= 0.6 is 0 Å². The van der Waals surface area contributed by atoms with E-state index in [1.165, 1.54) is 19.3 Å². The Hall–Kier alpha value is -0.0400. The minimum absolute atomic E-state index is 0.00323. The van der Waals surface area contributed by atoms with Gasteiger partial charge in [0.15, 0.2) is 0 Å². The standard InChI is InChI=1S/C19H38O/c1-10-18(7,8)20-16(15-11-12-15)19(9,13-14(2)3)17(4,5)6/h14-16H,10-13H2,1-9H3. The van der Waals surface area contributed by atoms with Crippen molar-refractivity contribution < 1.29 is 4.74 Å². The van der Waals surface area contributed by atoms with Crippen molar-refractivity contribution in [2.45, 2.75) is 99.7 Å². The average molecular weight is 283 g/mol. The first-order valence-electron chi connectivity index (χ1n) is 8.61. The highest BCUT2D eigenvalue weighted by Crippen LogP contribution is 2.54. The molecule has 1 fully saturated rings. The molecule has 2 unspecified atom stereocenters. The van der Waals surface area contributed by atoms with Gasteiger partial charge in [0.1, 0.15) is 0 Å². The van der Waals surface area contributed by atoms with E-state index in [0.717, 1.165) is 12.3 Å². The lowest BCUT2D eigenvalue weighted by molar-refractivity contribution is -0.167. The van der Waals surface area contributed by atoms with E-state index in [1.54, 1.807) is 0 Å². The average Bonchev–Trinajstić information content (AvgIpc) is 3.07. The van der Waals surface area contributed by atoms with Crippen LogP contribution in [0.15, 0.2) is 0 Å². The molecule has 0 aliphatic heterocycles. The van der Waals surface area contributed by atoms with Crippen LogP contribution in [-0.2, 0) is 4.74 Å². The van der Waals surface area contributed by atoms with Crippen LogP contribution in [-0.4, -0.2) is 11.7 Å². The van der Waals surface area contributed by atoms with E-state index in [2.05, 4.69) is 62.3 Å². The Kier molecular flexibility index (Phi) is 5.39. The van der Waals surface area contributed by atoms with Crippen molar-refractivity contribution >= 4 is 0 Å². The molecule has 0 radical (unpaired) electrons. The van der Waals surface area contributed by atoms with Crippen LogP contribution in [0, 0.1) is 22.7 Å². The van der Waals surface area contributed by atoms with Gasteiger partial charge in [-0.2, -0.15) is 0 Å². The molecule has 0 amide bonds. The maximum Gasteiger partial charge on any atom is 0.0669 e. The molecule has 20 heavy (non-hydrogen) atoms. The molecule has 2 atom stereocenters. The fourth-order valence-electron chi connectivity index (χ4n) is 3.27. The maximum absolute atomic E-state index is 6.70. The molecule has 1 heteroatoms. The van der Waals surface area contributed by atoms with Crippen LogP contribution in [0.3, 0.4) is 0 Å². The molecular formula is C19H38O. The molecule has 0 bridgehead atoms. The zero-order chi connectivity index (χ0) is 15.8. The summed E-state index contributed by atoms with van der Waals surface area (Å²) in [6.45, 7) is 21.1. The summed E-state index contributed by atoms with van der Waals surface area (Å²) in [5.41, 5.74) is 0.514. The Morgan fingerprint density at radius 1 is 1.00 bits per heavy atom. The predicted molar refractivity (Wildman–Crippen MR) is 89.0 cm³/mol. The summed E-state index contributed by atoms with van der Waals surface area (Å²) in [4.78, 5) is 0. The van der Waals surface area contributed by atoms with Gasteiger partial charge in [0, 0.05) is 0 Å². The molecule has 0 spiro atoms. The monoisotopic (exact) mass is 282 g/mol. The third kappa shape index (κ3) is 4.23. The lowest BCUT2D eigenvalue weighted by atomic mass is 9.60. The molecule has 1 saturated carbocycles. The SMILES string of the molecule is CCC(C)(C)OC(C1CC1)C(C)(CC(C)C)C(C)(C)C. The highest BCUT2D eigenvalue weighted by Gasteiger charge is 2.52. The molecular weight excluding hydrogens is 244 g/mol. The van der Waals surface area contributed by atoms with Crippen LogP contribution in [0.5, 0.6) is 0 Å². The molecule has 0 saturated heterocycles. The molecule has 120 valence electrons. The third-order valence-electron chi connectivity index (χ3n) is 5.52. The van der Waals surface area contributed by atoms with Crippen molar-refractivity contribution in [3.05, 3.63) is 0 Å². The highest BCUT2D eigenvalue weighted by molar-refractivity contribution is 5.01. The van der Waals surface area contributed by atoms with Gasteiger partial charge in [0.2, 0.25) is 0 Å². The smallest absolute Gasteiger partial charge is 0.0669 e. The summed E-state index contributed by atoms with van der Waals surface area (Å²) in [6.07, 6.45) is 5.44. The van der Waals surface area contributed by atoms with Crippen LogP contribution in [0.25, 0.3) is 0 Å². The Balaban J connectivity index is 3.06. The van der Waals surface area contributed by atoms with Crippen molar-refractivity contribution in [1.29, 1.82) is 0 Å². The summed E-state index contributed by atoms with van der Waals surface area (Å²) in [5, 5.41) is 0. The minimum Gasteiger partial charge on any atom is -0.371 e. The molecule has 0 aromatic rings. The fraction of sp³-hybridized carbons (Fsp3) is 1.00. The molecule has 1 aliphatic carbocycles. The van der Waals surface area contributed by atoms with E-state index < -0.39 is 0 Å². The van der Waals surface area contributed by atoms with Crippen molar-refractivity contribution in [3.8, 4) is 0 Å². The van der Waals surface area contributed by atoms with E-state index in [4.69, 9.17) is 4.74 Å². The third-order valence-corrected chi connectivity index (χ3v) is 5.52. The first kappa shape index (κ1) is 18.0. The van der Waals surface area contributed by atoms with E-state index in [-0.39, 0.29) is 16.4 Å². The Labute approximate surface area is 127 Å². The Morgan fingerprint density at radius 2 is 1.50 bits per heavy atom. The second-order valence-electron chi connectivity index (χ2n) is 9.25. The largest absolute Gasteiger partial charge is 0.371 e. The first-order chi connectivity index (χ1) is 8.93. The molecule has 0 N–H and O–H groups in total. The fourth-order valence-corrected chi connectivity index (χ4v) is 3.27. The number of rotatable bonds is 7. The summed E-state index contributed by atoms with van der Waals surface area (Å²) < 4.78 is 6.70. The van der Waals surface area contributed by atoms with Crippen molar-refractivity contribution in [3.63, 3.8) is 0 Å². The van der Waals surface area contributed by atoms with Crippen LogP contribution in [0.1, 0.15) is 88.0 Å². The van der Waals surface area contributed by atoms with Gasteiger partial charge in [-0.1, -0.05) is 48.5 Å². The highest BCUT2D eigenvalue weighted by atomic mass is 16.5. The Bertz CT molecular complexity index is 306. The van der Waals surface area contributed by atoms with Crippen molar-refractivity contribution in [2.75, 3.05) is 0 Å². The zero-order valence-corrected chi connectivity index (χ0v) is 15.5. The molecule has 0 aromatic carbocycles. The summed E-state index contributed by atoms with van der Waals surface area (Å²) >= 11 is 0. The molecule has 0 aromatic heterocycles. The number of hydrogen-bond donors (Lipinski definition) is 0. The molecule has 1 aliphatic rings. The molecule has 0 heterocycles. The number of ether oxygens (including phenoxy) is 1. The van der Waals surface area contributed by atoms with Gasteiger partial charge in [-0.3, -0.25) is 0 Å². The van der Waals surface area contributed by atoms with Gasteiger partial charge >= 0.3 is 0 Å². The van der Waals surface area contributed by atoms with Gasteiger partial charge in [-0.15, -0.1) is 0 Å². The lowest BCUT2D eigenvalue weighted by Crippen LogP contribution is -2.49. The summed E-state index contributed by atoms with van der Waals surface area (Å²) in [6, 6.07) is 0. The first-order valence-corrected chi connectivity index (χ1v) is 8.61. The van der Waals surface area contributed by atoms with E-state index >= 15 is 0 Å². The topological polar surface area (TPSA) is 9.23 Å². The van der Waals surface area contributed by atoms with E-state index in [0.29, 0.717) is 12.0 Å². The normalized spacial score (nSPS) is 21.9. The predicted octanol–water partition coefficient (Wildman–Crippen LogP) is 6.07. The molecule has 1 nitrogen and oxygen atoms in total. The van der Waals surface area contributed by atoms with Gasteiger partial charge in [-0.25, -0.2) is 0 Å². The van der Waals surface area contributed by atoms with Gasteiger partial charge in [0.05, 0.1) is 11.7 Å². The van der Waals surface area contributed by atoms with Crippen LogP contribution in [0.2, 0.25) is 0 Å².